The van der Waals surface area contributed by atoms with E-state index in [1.165, 1.54) is 11.1 Å². The predicted octanol–water partition coefficient (Wildman–Crippen LogP) is 9.52. The molecule has 4 heteroatoms. The van der Waals surface area contributed by atoms with Gasteiger partial charge in [0.15, 0.2) is 0 Å². The smallest absolute Gasteiger partial charge is 0.423 e. The van der Waals surface area contributed by atoms with Crippen molar-refractivity contribution < 1.29 is 10.0 Å². The summed E-state index contributed by atoms with van der Waals surface area (Å²) >= 11 is 0. The van der Waals surface area contributed by atoms with E-state index in [4.69, 9.17) is 0 Å². The molecular weight excluding hydrogens is 561 g/mol. The molecule has 0 amide bonds. The molecule has 0 fully saturated rings. The van der Waals surface area contributed by atoms with Crippen LogP contribution in [0.4, 0.5) is 17.1 Å². The molecule has 0 bridgehead atoms. The molecule has 0 saturated heterocycles. The highest BCUT2D eigenvalue weighted by Crippen LogP contribution is 2.38. The number of hydrogen-bond acceptors (Lipinski definition) is 3. The molecule has 3 nitrogen and oxygen atoms in total. The molecule has 7 rings (SSSR count). The van der Waals surface area contributed by atoms with E-state index in [1.807, 2.05) is 91.0 Å². The number of nitrogens with zero attached hydrogens (tertiary/aromatic N) is 1. The van der Waals surface area contributed by atoms with Crippen molar-refractivity contribution in [3.8, 4) is 33.4 Å². The summed E-state index contributed by atoms with van der Waals surface area (Å²) in [5, 5.41) is 19.9. The molecule has 0 unspecified atom stereocenters. The number of hydrogen-bond donors (Lipinski definition) is 2. The van der Waals surface area contributed by atoms with Crippen LogP contribution in [0.5, 0.6) is 0 Å². The highest BCUT2D eigenvalue weighted by molar-refractivity contribution is 6.60. The van der Waals surface area contributed by atoms with Crippen LogP contribution in [0.3, 0.4) is 0 Å². The standard InChI is InChI=1S/C36H28BNO2.C6H6/c39-37(40)36-20-8-7-19-35(36)31-14-10-18-34(26-31)38(32-15-5-2-6-16-32)33-17-9-13-30(25-33)29-23-21-28(22-24-29)27-11-3-1-4-12-27;1-2-4-6-5-3-1/h1-26,39-40H;1-6H. The van der Waals surface area contributed by atoms with Gasteiger partial charge in [0.2, 0.25) is 0 Å². The average Bonchev–Trinajstić information content (AvgIpc) is 3.14. The zero-order valence-electron chi connectivity index (χ0n) is 25.4. The first-order valence-electron chi connectivity index (χ1n) is 15.3. The Morgan fingerprint density at radius 2 is 0.717 bits per heavy atom. The van der Waals surface area contributed by atoms with Crippen molar-refractivity contribution in [2.45, 2.75) is 0 Å². The van der Waals surface area contributed by atoms with Crippen molar-refractivity contribution >= 4 is 29.6 Å². The molecule has 7 aromatic carbocycles. The van der Waals surface area contributed by atoms with Gasteiger partial charge in [0.05, 0.1) is 0 Å². The van der Waals surface area contributed by atoms with Crippen molar-refractivity contribution in [3.63, 3.8) is 0 Å². The molecule has 0 saturated carbocycles. The number of rotatable bonds is 7. The van der Waals surface area contributed by atoms with Crippen LogP contribution >= 0.6 is 0 Å². The Bertz CT molecular complexity index is 1940. The second-order valence-corrected chi connectivity index (χ2v) is 10.8. The SMILES string of the molecule is OB(O)c1ccccc1-c1cccc(N(c2ccccc2)c2cccc(-c3ccc(-c4ccccc4)cc3)c2)c1.c1ccccc1. The van der Waals surface area contributed by atoms with Gasteiger partial charge in [-0.15, -0.1) is 0 Å². The van der Waals surface area contributed by atoms with E-state index in [0.29, 0.717) is 5.46 Å². The summed E-state index contributed by atoms with van der Waals surface area (Å²) in [5.41, 5.74) is 9.89. The second-order valence-electron chi connectivity index (χ2n) is 10.8. The zero-order chi connectivity index (χ0) is 31.6. The van der Waals surface area contributed by atoms with E-state index in [2.05, 4.69) is 102 Å². The van der Waals surface area contributed by atoms with Crippen LogP contribution in [0.15, 0.2) is 194 Å². The minimum Gasteiger partial charge on any atom is -0.423 e. The maximum absolute atomic E-state index is 9.97. The Morgan fingerprint density at radius 3 is 1.30 bits per heavy atom. The van der Waals surface area contributed by atoms with Crippen LogP contribution in [0, 0.1) is 0 Å². The van der Waals surface area contributed by atoms with Gasteiger partial charge in [0.1, 0.15) is 0 Å². The summed E-state index contributed by atoms with van der Waals surface area (Å²) < 4.78 is 0. The van der Waals surface area contributed by atoms with Crippen molar-refractivity contribution in [3.05, 3.63) is 194 Å². The monoisotopic (exact) mass is 595 g/mol. The molecule has 0 radical (unpaired) electrons. The summed E-state index contributed by atoms with van der Waals surface area (Å²) in [6.45, 7) is 0. The summed E-state index contributed by atoms with van der Waals surface area (Å²) in [7, 11) is -1.55. The average molecular weight is 596 g/mol. The normalized spacial score (nSPS) is 10.4. The van der Waals surface area contributed by atoms with Crippen LogP contribution in [0.2, 0.25) is 0 Å². The molecule has 0 aliphatic carbocycles. The maximum atomic E-state index is 9.97. The first kappa shape index (κ1) is 30.4. The number of para-hydroxylation sites is 1. The van der Waals surface area contributed by atoms with Crippen molar-refractivity contribution in [2.75, 3.05) is 4.90 Å². The summed E-state index contributed by atoms with van der Waals surface area (Å²) in [6, 6.07) is 65.5. The van der Waals surface area contributed by atoms with E-state index in [-0.39, 0.29) is 0 Å². The third-order valence-corrected chi connectivity index (χ3v) is 7.77. The first-order chi connectivity index (χ1) is 22.7. The molecule has 222 valence electrons. The van der Waals surface area contributed by atoms with Crippen LogP contribution < -0.4 is 10.4 Å². The van der Waals surface area contributed by atoms with E-state index in [1.54, 1.807) is 6.07 Å². The topological polar surface area (TPSA) is 43.7 Å². The highest BCUT2D eigenvalue weighted by Gasteiger charge is 2.18. The molecule has 0 aliphatic rings. The highest BCUT2D eigenvalue weighted by atomic mass is 16.4. The van der Waals surface area contributed by atoms with Gasteiger partial charge in [-0.2, -0.15) is 0 Å². The lowest BCUT2D eigenvalue weighted by Gasteiger charge is -2.26. The minimum absolute atomic E-state index is 0.479. The fraction of sp³-hybridized carbons (Fsp3) is 0. The second kappa shape index (κ2) is 14.9. The van der Waals surface area contributed by atoms with E-state index in [9.17, 15) is 10.0 Å². The van der Waals surface area contributed by atoms with Crippen LogP contribution in [0.1, 0.15) is 0 Å². The Hall–Kier alpha value is -5.68. The molecule has 2 N–H and O–H groups in total. The lowest BCUT2D eigenvalue weighted by molar-refractivity contribution is 0.426. The third-order valence-electron chi connectivity index (χ3n) is 7.77. The van der Waals surface area contributed by atoms with Gasteiger partial charge in [0.25, 0.3) is 0 Å². The number of benzene rings is 7. The summed E-state index contributed by atoms with van der Waals surface area (Å²) in [4.78, 5) is 2.23. The third kappa shape index (κ3) is 7.33. The molecule has 0 aliphatic heterocycles. The van der Waals surface area contributed by atoms with Gasteiger partial charge in [-0.1, -0.05) is 158 Å². The lowest BCUT2D eigenvalue weighted by atomic mass is 9.75. The van der Waals surface area contributed by atoms with Gasteiger partial charge < -0.3 is 14.9 Å². The zero-order valence-corrected chi connectivity index (χ0v) is 25.4. The molecule has 7 aromatic rings. The molecule has 0 spiro atoms. The van der Waals surface area contributed by atoms with Crippen molar-refractivity contribution in [2.24, 2.45) is 0 Å². The Labute approximate surface area is 271 Å². The van der Waals surface area contributed by atoms with Gasteiger partial charge in [0, 0.05) is 17.1 Å². The summed E-state index contributed by atoms with van der Waals surface area (Å²) in [6.07, 6.45) is 0. The van der Waals surface area contributed by atoms with Gasteiger partial charge in [-0.3, -0.25) is 0 Å². The largest absolute Gasteiger partial charge is 0.489 e. The van der Waals surface area contributed by atoms with Gasteiger partial charge in [-0.05, 0) is 75.2 Å². The maximum Gasteiger partial charge on any atom is 0.489 e. The molecule has 46 heavy (non-hydrogen) atoms. The van der Waals surface area contributed by atoms with Crippen LogP contribution in [-0.2, 0) is 0 Å². The quantitative estimate of drug-likeness (QED) is 0.180. The Kier molecular flexibility index (Phi) is 9.81. The van der Waals surface area contributed by atoms with Crippen LogP contribution in [-0.4, -0.2) is 17.2 Å². The predicted molar refractivity (Wildman–Crippen MR) is 194 cm³/mol. The fourth-order valence-electron chi connectivity index (χ4n) is 5.52. The lowest BCUT2D eigenvalue weighted by Crippen LogP contribution is -2.31. The van der Waals surface area contributed by atoms with E-state index < -0.39 is 7.12 Å². The van der Waals surface area contributed by atoms with E-state index in [0.717, 1.165) is 39.3 Å². The summed E-state index contributed by atoms with van der Waals surface area (Å²) in [5.74, 6) is 0. The molecular formula is C42H34BNO2. The Morgan fingerprint density at radius 1 is 0.326 bits per heavy atom. The van der Waals surface area contributed by atoms with E-state index >= 15 is 0 Å². The fourth-order valence-corrected chi connectivity index (χ4v) is 5.52. The van der Waals surface area contributed by atoms with Crippen molar-refractivity contribution in [1.29, 1.82) is 0 Å². The van der Waals surface area contributed by atoms with Crippen LogP contribution in [0.25, 0.3) is 33.4 Å². The molecule has 0 heterocycles. The molecule has 0 aromatic heterocycles. The Balaban J connectivity index is 0.000000557. The van der Waals surface area contributed by atoms with Gasteiger partial charge in [-0.25, -0.2) is 0 Å². The first-order valence-corrected chi connectivity index (χ1v) is 15.3. The van der Waals surface area contributed by atoms with Crippen molar-refractivity contribution in [1.82, 2.24) is 0 Å². The van der Waals surface area contributed by atoms with Gasteiger partial charge >= 0.3 is 7.12 Å². The molecule has 0 atom stereocenters. The number of anilines is 3. The minimum atomic E-state index is -1.55.